The average Bonchev–Trinajstić information content (AvgIpc) is 2.52. The number of hydrogen-bond acceptors (Lipinski definition) is 5. The molecule has 21 heavy (non-hydrogen) atoms. The van der Waals surface area contributed by atoms with Crippen LogP contribution in [0.2, 0.25) is 0 Å². The van der Waals surface area contributed by atoms with Crippen LogP contribution in [-0.2, 0) is 0 Å². The van der Waals surface area contributed by atoms with Crippen molar-refractivity contribution in [1.29, 1.82) is 10.5 Å². The van der Waals surface area contributed by atoms with Crippen LogP contribution < -0.4 is 0 Å². The third-order valence-electron chi connectivity index (χ3n) is 2.69. The molecule has 0 spiro atoms. The van der Waals surface area contributed by atoms with E-state index in [2.05, 4.69) is 4.99 Å². The number of nitro groups is 1. The van der Waals surface area contributed by atoms with Gasteiger partial charge in [-0.3, -0.25) is 15.1 Å². The minimum atomic E-state index is -0.479. The topological polar surface area (TPSA) is 103 Å². The largest absolute Gasteiger partial charge is 0.270 e. The van der Waals surface area contributed by atoms with Crippen molar-refractivity contribution in [3.05, 3.63) is 69.3 Å². The Bertz CT molecular complexity index is 813. The van der Waals surface area contributed by atoms with Crippen LogP contribution in [0.1, 0.15) is 16.7 Å². The van der Waals surface area contributed by atoms with E-state index in [0.717, 1.165) is 0 Å². The van der Waals surface area contributed by atoms with Gasteiger partial charge in [0.2, 0.25) is 0 Å². The maximum Gasteiger partial charge on any atom is 0.270 e. The van der Waals surface area contributed by atoms with Crippen LogP contribution in [0.4, 0.5) is 11.4 Å². The van der Waals surface area contributed by atoms with Gasteiger partial charge in [0.05, 0.1) is 21.7 Å². The Morgan fingerprint density at radius 3 is 2.52 bits per heavy atom. The number of nitro benzene ring substituents is 1. The second kappa shape index (κ2) is 6.09. The Labute approximate surface area is 120 Å². The summed E-state index contributed by atoms with van der Waals surface area (Å²) in [6.45, 7) is 0. The van der Waals surface area contributed by atoms with Gasteiger partial charge in [0.15, 0.2) is 0 Å². The highest BCUT2D eigenvalue weighted by molar-refractivity contribution is 5.83. The molecule has 0 N–H and O–H groups in total. The van der Waals surface area contributed by atoms with Crippen molar-refractivity contribution in [2.75, 3.05) is 0 Å². The Morgan fingerprint density at radius 1 is 1.10 bits per heavy atom. The molecule has 0 fully saturated rings. The van der Waals surface area contributed by atoms with E-state index in [0.29, 0.717) is 11.3 Å². The summed E-state index contributed by atoms with van der Waals surface area (Å²) in [5.41, 5.74) is 1.58. The van der Waals surface area contributed by atoms with Crippen LogP contribution in [0.15, 0.2) is 47.5 Å². The van der Waals surface area contributed by atoms with Gasteiger partial charge in [-0.25, -0.2) is 0 Å². The van der Waals surface area contributed by atoms with E-state index in [1.54, 1.807) is 18.2 Å². The quantitative estimate of drug-likeness (QED) is 0.488. The Hall–Kier alpha value is -3.51. The summed E-state index contributed by atoms with van der Waals surface area (Å²) in [7, 11) is 0. The summed E-state index contributed by atoms with van der Waals surface area (Å²) in [5, 5.41) is 28.4. The van der Waals surface area contributed by atoms with Crippen molar-refractivity contribution < 1.29 is 4.92 Å². The number of aliphatic imine (C=N–C) groups is 1. The first-order chi connectivity index (χ1) is 10.1. The minimum absolute atomic E-state index is 0.0171. The van der Waals surface area contributed by atoms with E-state index >= 15 is 0 Å². The lowest BCUT2D eigenvalue weighted by atomic mass is 10.1. The zero-order valence-corrected chi connectivity index (χ0v) is 10.7. The van der Waals surface area contributed by atoms with Gasteiger partial charge in [0.1, 0.15) is 12.1 Å². The Morgan fingerprint density at radius 2 is 1.86 bits per heavy atom. The van der Waals surface area contributed by atoms with Crippen LogP contribution in [-0.4, -0.2) is 11.1 Å². The van der Waals surface area contributed by atoms with Gasteiger partial charge in [-0.05, 0) is 23.8 Å². The predicted molar refractivity (Wildman–Crippen MR) is 76.2 cm³/mol. The van der Waals surface area contributed by atoms with Crippen LogP contribution in [0, 0.1) is 32.8 Å². The molecule has 0 saturated heterocycles. The van der Waals surface area contributed by atoms with Crippen molar-refractivity contribution in [1.82, 2.24) is 0 Å². The SMILES string of the molecule is N#Cc1ccc(N=Cc2cccc([N+](=O)[O-])c2)cc1C#N. The van der Waals surface area contributed by atoms with Gasteiger partial charge in [-0.2, -0.15) is 10.5 Å². The molecule has 0 radical (unpaired) electrons. The zero-order chi connectivity index (χ0) is 15.2. The molecule has 2 aromatic rings. The maximum atomic E-state index is 10.7. The van der Waals surface area contributed by atoms with Crippen molar-refractivity contribution in [2.24, 2.45) is 4.99 Å². The highest BCUT2D eigenvalue weighted by Crippen LogP contribution is 2.18. The number of nitriles is 2. The molecule has 0 heterocycles. The zero-order valence-electron chi connectivity index (χ0n) is 10.7. The lowest BCUT2D eigenvalue weighted by Crippen LogP contribution is -1.89. The van der Waals surface area contributed by atoms with E-state index in [4.69, 9.17) is 10.5 Å². The monoisotopic (exact) mass is 276 g/mol. The van der Waals surface area contributed by atoms with Gasteiger partial charge in [0.25, 0.3) is 5.69 Å². The molecule has 0 unspecified atom stereocenters. The molecule has 2 rings (SSSR count). The van der Waals surface area contributed by atoms with Crippen molar-refractivity contribution in [3.63, 3.8) is 0 Å². The van der Waals surface area contributed by atoms with Crippen molar-refractivity contribution in [2.45, 2.75) is 0 Å². The third kappa shape index (κ3) is 3.28. The highest BCUT2D eigenvalue weighted by atomic mass is 16.6. The fourth-order valence-corrected chi connectivity index (χ4v) is 1.67. The maximum absolute atomic E-state index is 10.7. The molecule has 100 valence electrons. The predicted octanol–water partition coefficient (Wildman–Crippen LogP) is 3.09. The first-order valence-electron chi connectivity index (χ1n) is 5.87. The van der Waals surface area contributed by atoms with Crippen LogP contribution in [0.3, 0.4) is 0 Å². The minimum Gasteiger partial charge on any atom is -0.258 e. The van der Waals surface area contributed by atoms with Crippen LogP contribution in [0.5, 0.6) is 0 Å². The van der Waals surface area contributed by atoms with E-state index in [-0.39, 0.29) is 16.8 Å². The lowest BCUT2D eigenvalue weighted by molar-refractivity contribution is -0.384. The van der Waals surface area contributed by atoms with Crippen molar-refractivity contribution in [3.8, 4) is 12.1 Å². The van der Waals surface area contributed by atoms with Crippen molar-refractivity contribution >= 4 is 17.6 Å². The number of rotatable bonds is 3. The Kier molecular flexibility index (Phi) is 4.03. The molecule has 0 aliphatic carbocycles. The molecule has 0 aliphatic heterocycles. The second-order valence-electron chi connectivity index (χ2n) is 4.06. The first-order valence-corrected chi connectivity index (χ1v) is 5.87. The fourth-order valence-electron chi connectivity index (χ4n) is 1.67. The van der Waals surface area contributed by atoms with E-state index in [1.165, 1.54) is 30.5 Å². The molecular weight excluding hydrogens is 268 g/mol. The second-order valence-corrected chi connectivity index (χ2v) is 4.06. The molecule has 0 aliphatic rings. The van der Waals surface area contributed by atoms with Gasteiger partial charge in [-0.15, -0.1) is 0 Å². The third-order valence-corrected chi connectivity index (χ3v) is 2.69. The summed E-state index contributed by atoms with van der Waals surface area (Å²) in [6.07, 6.45) is 1.47. The fraction of sp³-hybridized carbons (Fsp3) is 0. The van der Waals surface area contributed by atoms with E-state index in [9.17, 15) is 10.1 Å². The summed E-state index contributed by atoms with van der Waals surface area (Å²) in [6, 6.07) is 14.5. The number of benzene rings is 2. The molecule has 0 aromatic heterocycles. The lowest BCUT2D eigenvalue weighted by Gasteiger charge is -1.97. The Balaban J connectivity index is 2.30. The van der Waals surface area contributed by atoms with E-state index < -0.39 is 4.92 Å². The van der Waals surface area contributed by atoms with Crippen LogP contribution >= 0.6 is 0 Å². The molecule has 6 heteroatoms. The summed E-state index contributed by atoms with van der Waals surface area (Å²) in [4.78, 5) is 14.3. The molecule has 0 bridgehead atoms. The smallest absolute Gasteiger partial charge is 0.258 e. The summed E-state index contributed by atoms with van der Waals surface area (Å²) in [5.74, 6) is 0. The van der Waals surface area contributed by atoms with E-state index in [1.807, 2.05) is 12.1 Å². The van der Waals surface area contributed by atoms with Crippen LogP contribution in [0.25, 0.3) is 0 Å². The average molecular weight is 276 g/mol. The first kappa shape index (κ1) is 13.9. The standard InChI is InChI=1S/C15H8N4O2/c16-8-12-4-5-14(7-13(12)9-17)18-10-11-2-1-3-15(6-11)19(20)21/h1-7,10H. The van der Waals surface area contributed by atoms with Gasteiger partial charge in [-0.1, -0.05) is 12.1 Å². The molecule has 0 amide bonds. The molecule has 6 nitrogen and oxygen atoms in total. The molecular formula is C15H8N4O2. The normalized spacial score (nSPS) is 10.0. The molecule has 0 saturated carbocycles. The summed E-state index contributed by atoms with van der Waals surface area (Å²) >= 11 is 0. The van der Waals surface area contributed by atoms with Gasteiger partial charge in [0, 0.05) is 18.3 Å². The molecule has 0 atom stereocenters. The highest BCUT2D eigenvalue weighted by Gasteiger charge is 2.04. The number of non-ortho nitro benzene ring substituents is 1. The number of hydrogen-bond donors (Lipinski definition) is 0. The van der Waals surface area contributed by atoms with Gasteiger partial charge >= 0.3 is 0 Å². The number of nitrogens with zero attached hydrogens (tertiary/aromatic N) is 4. The summed E-state index contributed by atoms with van der Waals surface area (Å²) < 4.78 is 0. The van der Waals surface area contributed by atoms with Gasteiger partial charge < -0.3 is 0 Å². The molecule has 2 aromatic carbocycles.